The number of hydrogen-bond donors (Lipinski definition) is 0. The molecule has 2 aromatic rings. The number of ether oxygens (including phenoxy) is 2. The van der Waals surface area contributed by atoms with Crippen molar-refractivity contribution in [3.8, 4) is 5.75 Å². The van der Waals surface area contributed by atoms with Crippen LogP contribution in [0.4, 0.5) is 0 Å². The van der Waals surface area contributed by atoms with Crippen molar-refractivity contribution < 1.29 is 19.1 Å². The number of aryl methyl sites for hydroxylation is 2. The van der Waals surface area contributed by atoms with Crippen LogP contribution in [0.25, 0.3) is 0 Å². The van der Waals surface area contributed by atoms with Gasteiger partial charge in [-0.15, -0.1) is 0 Å². The molecule has 5 heteroatoms. The number of carbonyl (C=O) groups excluding carboxylic acids is 2. The molecule has 0 N–H and O–H groups in total. The highest BCUT2D eigenvalue weighted by Gasteiger charge is 2.23. The third-order valence-corrected chi connectivity index (χ3v) is 4.67. The molecule has 1 unspecified atom stereocenters. The molecule has 144 valence electrons. The van der Waals surface area contributed by atoms with E-state index in [0.717, 1.165) is 22.4 Å². The van der Waals surface area contributed by atoms with E-state index in [4.69, 9.17) is 9.47 Å². The predicted octanol–water partition coefficient (Wildman–Crippen LogP) is 3.76. The molecule has 2 rings (SSSR count). The molecule has 0 spiro atoms. The van der Waals surface area contributed by atoms with Gasteiger partial charge in [-0.2, -0.15) is 0 Å². The van der Waals surface area contributed by atoms with Gasteiger partial charge in [0.15, 0.2) is 0 Å². The summed E-state index contributed by atoms with van der Waals surface area (Å²) in [4.78, 5) is 26.7. The summed E-state index contributed by atoms with van der Waals surface area (Å²) in [5.41, 5.74) is 3.77. The highest BCUT2D eigenvalue weighted by molar-refractivity contribution is 5.94. The molecule has 5 nitrogen and oxygen atoms in total. The fourth-order valence-electron chi connectivity index (χ4n) is 2.83. The molecular formula is C22H27NO4. The van der Waals surface area contributed by atoms with Crippen LogP contribution in [0.5, 0.6) is 5.75 Å². The lowest BCUT2D eigenvalue weighted by Crippen LogP contribution is -2.37. The van der Waals surface area contributed by atoms with Crippen molar-refractivity contribution >= 4 is 11.9 Å². The van der Waals surface area contributed by atoms with Gasteiger partial charge in [0.25, 0.3) is 5.91 Å². The molecular weight excluding hydrogens is 342 g/mol. The molecule has 0 aromatic heterocycles. The second-order valence-corrected chi connectivity index (χ2v) is 6.76. The summed E-state index contributed by atoms with van der Waals surface area (Å²) in [6.45, 7) is 6.44. The second kappa shape index (κ2) is 9.21. The fourth-order valence-corrected chi connectivity index (χ4v) is 2.83. The first kappa shape index (κ1) is 20.5. The first-order valence-electron chi connectivity index (χ1n) is 8.93. The van der Waals surface area contributed by atoms with Gasteiger partial charge in [0.2, 0.25) is 0 Å². The number of hydrogen-bond acceptors (Lipinski definition) is 4. The van der Waals surface area contributed by atoms with Crippen LogP contribution < -0.4 is 4.74 Å². The molecule has 0 bridgehead atoms. The topological polar surface area (TPSA) is 55.8 Å². The summed E-state index contributed by atoms with van der Waals surface area (Å²) < 4.78 is 10.0. The van der Waals surface area contributed by atoms with Gasteiger partial charge in [0.1, 0.15) is 5.75 Å². The van der Waals surface area contributed by atoms with E-state index in [0.29, 0.717) is 12.1 Å². The number of esters is 1. The maximum atomic E-state index is 13.1. The van der Waals surface area contributed by atoms with Gasteiger partial charge in [0, 0.05) is 18.7 Å². The lowest BCUT2D eigenvalue weighted by atomic mass is 10.0. The average molecular weight is 369 g/mol. The Labute approximate surface area is 160 Å². The zero-order chi connectivity index (χ0) is 20.0. The highest BCUT2D eigenvalue weighted by Crippen LogP contribution is 2.18. The van der Waals surface area contributed by atoms with Crippen molar-refractivity contribution in [1.82, 2.24) is 4.90 Å². The minimum atomic E-state index is -0.413. The Hall–Kier alpha value is -2.82. The van der Waals surface area contributed by atoms with Crippen LogP contribution in [0.1, 0.15) is 34.0 Å². The Bertz CT molecular complexity index is 798. The monoisotopic (exact) mass is 369 g/mol. The summed E-state index contributed by atoms with van der Waals surface area (Å²) in [6.07, 6.45) is 0. The first-order chi connectivity index (χ1) is 12.8. The molecule has 0 fully saturated rings. The maximum Gasteiger partial charge on any atom is 0.310 e. The largest absolute Gasteiger partial charge is 0.497 e. The SMILES string of the molecule is COC(=O)C(C)CN(Cc1ccc(OC)cc1)C(=O)c1ccc(C)c(C)c1. The molecule has 0 saturated carbocycles. The van der Waals surface area contributed by atoms with Gasteiger partial charge < -0.3 is 14.4 Å². The third kappa shape index (κ3) is 5.33. The van der Waals surface area contributed by atoms with Crippen molar-refractivity contribution in [3.63, 3.8) is 0 Å². The van der Waals surface area contributed by atoms with Crippen LogP contribution in [0, 0.1) is 19.8 Å². The average Bonchev–Trinajstić information content (AvgIpc) is 2.68. The zero-order valence-electron chi connectivity index (χ0n) is 16.6. The molecule has 0 saturated heterocycles. The molecule has 0 aliphatic carbocycles. The normalized spacial score (nSPS) is 11.6. The Morgan fingerprint density at radius 3 is 2.22 bits per heavy atom. The summed E-state index contributed by atoms with van der Waals surface area (Å²) in [5, 5.41) is 0. The number of rotatable bonds is 7. The smallest absolute Gasteiger partial charge is 0.310 e. The molecule has 1 amide bonds. The lowest BCUT2D eigenvalue weighted by molar-refractivity contribution is -0.145. The number of carbonyl (C=O) groups is 2. The number of methoxy groups -OCH3 is 2. The lowest BCUT2D eigenvalue weighted by Gasteiger charge is -2.25. The number of amides is 1. The van der Waals surface area contributed by atoms with Crippen molar-refractivity contribution in [2.45, 2.75) is 27.3 Å². The minimum Gasteiger partial charge on any atom is -0.497 e. The Morgan fingerprint density at radius 1 is 1.00 bits per heavy atom. The second-order valence-electron chi connectivity index (χ2n) is 6.76. The van der Waals surface area contributed by atoms with Gasteiger partial charge in [-0.1, -0.05) is 25.1 Å². The van der Waals surface area contributed by atoms with E-state index in [1.54, 1.807) is 18.9 Å². The van der Waals surface area contributed by atoms with Crippen molar-refractivity contribution in [1.29, 1.82) is 0 Å². The van der Waals surface area contributed by atoms with Gasteiger partial charge in [-0.3, -0.25) is 9.59 Å². The van der Waals surface area contributed by atoms with E-state index in [9.17, 15) is 9.59 Å². The molecule has 0 aliphatic rings. The van der Waals surface area contributed by atoms with Crippen molar-refractivity contribution in [2.24, 2.45) is 5.92 Å². The highest BCUT2D eigenvalue weighted by atomic mass is 16.5. The van der Waals surface area contributed by atoms with Crippen LogP contribution in [0.15, 0.2) is 42.5 Å². The standard InChI is InChI=1S/C22H27NO4/c1-15-6-9-19(12-16(15)2)21(24)23(13-17(3)22(25)27-5)14-18-7-10-20(26-4)11-8-18/h6-12,17H,13-14H2,1-5H3. The zero-order valence-corrected chi connectivity index (χ0v) is 16.6. The molecule has 1 atom stereocenters. The van der Waals surface area contributed by atoms with Crippen LogP contribution >= 0.6 is 0 Å². The van der Waals surface area contributed by atoms with Gasteiger partial charge in [-0.05, 0) is 54.8 Å². The van der Waals surface area contributed by atoms with E-state index in [1.165, 1.54) is 7.11 Å². The van der Waals surface area contributed by atoms with E-state index in [2.05, 4.69) is 0 Å². The van der Waals surface area contributed by atoms with Crippen LogP contribution in [-0.4, -0.2) is 37.5 Å². The molecule has 0 aliphatic heterocycles. The summed E-state index contributed by atoms with van der Waals surface area (Å²) in [7, 11) is 2.97. The molecule has 27 heavy (non-hydrogen) atoms. The van der Waals surface area contributed by atoms with Crippen LogP contribution in [-0.2, 0) is 16.1 Å². The minimum absolute atomic E-state index is 0.107. The molecule has 2 aromatic carbocycles. The Morgan fingerprint density at radius 2 is 1.67 bits per heavy atom. The quantitative estimate of drug-likeness (QED) is 0.697. The number of nitrogens with zero attached hydrogens (tertiary/aromatic N) is 1. The predicted molar refractivity (Wildman–Crippen MR) is 105 cm³/mol. The van der Waals surface area contributed by atoms with E-state index in [1.807, 2.05) is 56.3 Å². The number of benzene rings is 2. The van der Waals surface area contributed by atoms with Crippen molar-refractivity contribution in [2.75, 3.05) is 20.8 Å². The summed E-state index contributed by atoms with van der Waals surface area (Å²) in [5.74, 6) is -0.0928. The fraction of sp³-hybridized carbons (Fsp3) is 0.364. The van der Waals surface area contributed by atoms with Gasteiger partial charge in [-0.25, -0.2) is 0 Å². The van der Waals surface area contributed by atoms with Crippen LogP contribution in [0.3, 0.4) is 0 Å². The Kier molecular flexibility index (Phi) is 6.99. The third-order valence-electron chi connectivity index (χ3n) is 4.67. The van der Waals surface area contributed by atoms with Crippen molar-refractivity contribution in [3.05, 3.63) is 64.7 Å². The van der Waals surface area contributed by atoms with Gasteiger partial charge >= 0.3 is 5.97 Å². The van der Waals surface area contributed by atoms with E-state index < -0.39 is 5.92 Å². The first-order valence-corrected chi connectivity index (χ1v) is 8.93. The molecule has 0 radical (unpaired) electrons. The Balaban J connectivity index is 2.27. The van der Waals surface area contributed by atoms with E-state index >= 15 is 0 Å². The van der Waals surface area contributed by atoms with E-state index in [-0.39, 0.29) is 18.4 Å². The summed E-state index contributed by atoms with van der Waals surface area (Å²) >= 11 is 0. The van der Waals surface area contributed by atoms with Gasteiger partial charge in [0.05, 0.1) is 20.1 Å². The van der Waals surface area contributed by atoms with Crippen LogP contribution in [0.2, 0.25) is 0 Å². The maximum absolute atomic E-state index is 13.1. The summed E-state index contributed by atoms with van der Waals surface area (Å²) in [6, 6.07) is 13.2. The molecule has 0 heterocycles.